The second kappa shape index (κ2) is 5.09. The minimum Gasteiger partial charge on any atom is -0.478 e. The molecule has 0 radical (unpaired) electrons. The number of aromatic carboxylic acids is 1. The topological polar surface area (TPSA) is 88.2 Å². The largest absolute Gasteiger partial charge is 0.478 e. The van der Waals surface area contributed by atoms with Crippen molar-refractivity contribution in [2.24, 2.45) is 0 Å². The summed E-state index contributed by atoms with van der Waals surface area (Å²) in [5, 5.41) is 12.0. The third-order valence-electron chi connectivity index (χ3n) is 2.69. The molecule has 0 spiro atoms. The zero-order valence-corrected chi connectivity index (χ0v) is 11.0. The molecule has 0 unspecified atom stereocenters. The SMILES string of the molecule is Cc1cc(C(=O)O)cc(NCc2nc(C)c(C)o2)n1. The molecule has 0 aromatic carbocycles. The van der Waals surface area contributed by atoms with E-state index in [1.54, 1.807) is 6.92 Å². The van der Waals surface area contributed by atoms with Crippen molar-refractivity contribution in [3.63, 3.8) is 0 Å². The second-order valence-corrected chi connectivity index (χ2v) is 4.29. The van der Waals surface area contributed by atoms with E-state index in [9.17, 15) is 4.79 Å². The number of hydrogen-bond donors (Lipinski definition) is 2. The summed E-state index contributed by atoms with van der Waals surface area (Å²) in [5.41, 5.74) is 1.69. The monoisotopic (exact) mass is 261 g/mol. The third kappa shape index (κ3) is 3.09. The molecule has 2 N–H and O–H groups in total. The molecule has 0 aliphatic rings. The van der Waals surface area contributed by atoms with Crippen LogP contribution in [0.1, 0.15) is 33.4 Å². The molecule has 6 heteroatoms. The first kappa shape index (κ1) is 13.1. The molecule has 2 aromatic rings. The van der Waals surface area contributed by atoms with Gasteiger partial charge in [-0.3, -0.25) is 0 Å². The lowest BCUT2D eigenvalue weighted by atomic mass is 10.2. The van der Waals surface area contributed by atoms with Crippen LogP contribution < -0.4 is 5.32 Å². The van der Waals surface area contributed by atoms with Crippen molar-refractivity contribution in [2.45, 2.75) is 27.3 Å². The molecule has 2 aromatic heterocycles. The number of nitrogens with zero attached hydrogens (tertiary/aromatic N) is 2. The zero-order valence-electron chi connectivity index (χ0n) is 11.0. The van der Waals surface area contributed by atoms with Gasteiger partial charge in [0.2, 0.25) is 5.89 Å². The number of rotatable bonds is 4. The molecule has 0 aliphatic carbocycles. The number of anilines is 1. The van der Waals surface area contributed by atoms with Crippen LogP contribution in [0.15, 0.2) is 16.5 Å². The molecule has 2 rings (SSSR count). The maximum atomic E-state index is 10.9. The van der Waals surface area contributed by atoms with Gasteiger partial charge in [-0.2, -0.15) is 0 Å². The molecular weight excluding hydrogens is 246 g/mol. The van der Waals surface area contributed by atoms with E-state index in [4.69, 9.17) is 9.52 Å². The number of nitrogens with one attached hydrogen (secondary N) is 1. The summed E-state index contributed by atoms with van der Waals surface area (Å²) in [5.74, 6) is 0.845. The van der Waals surface area contributed by atoms with Crippen LogP contribution in [0.2, 0.25) is 0 Å². The fraction of sp³-hybridized carbons (Fsp3) is 0.308. The van der Waals surface area contributed by atoms with Crippen molar-refractivity contribution in [1.82, 2.24) is 9.97 Å². The van der Waals surface area contributed by atoms with Gasteiger partial charge >= 0.3 is 5.97 Å². The Bertz CT molecular complexity index is 600. The van der Waals surface area contributed by atoms with Gasteiger partial charge in [0.25, 0.3) is 0 Å². The summed E-state index contributed by atoms with van der Waals surface area (Å²) < 4.78 is 5.43. The van der Waals surface area contributed by atoms with Gasteiger partial charge in [-0.1, -0.05) is 0 Å². The van der Waals surface area contributed by atoms with Gasteiger partial charge in [0.1, 0.15) is 11.6 Å². The standard InChI is InChI=1S/C13H15N3O3/c1-7-4-10(13(17)18)5-11(15-7)14-6-12-16-8(2)9(3)19-12/h4-5H,6H2,1-3H3,(H,14,15)(H,17,18). The van der Waals surface area contributed by atoms with Gasteiger partial charge in [0.15, 0.2) is 0 Å². The molecule has 6 nitrogen and oxygen atoms in total. The summed E-state index contributed by atoms with van der Waals surface area (Å²) in [6.07, 6.45) is 0. The van der Waals surface area contributed by atoms with Crippen LogP contribution in [0.4, 0.5) is 5.82 Å². The fourth-order valence-corrected chi connectivity index (χ4v) is 1.66. The highest BCUT2D eigenvalue weighted by atomic mass is 16.4. The van der Waals surface area contributed by atoms with E-state index < -0.39 is 5.97 Å². The molecule has 0 saturated carbocycles. The van der Waals surface area contributed by atoms with Crippen molar-refractivity contribution >= 4 is 11.8 Å². The molecule has 19 heavy (non-hydrogen) atoms. The summed E-state index contributed by atoms with van der Waals surface area (Å²) in [7, 11) is 0. The lowest BCUT2D eigenvalue weighted by molar-refractivity contribution is 0.0696. The minimum atomic E-state index is -0.976. The summed E-state index contributed by atoms with van der Waals surface area (Å²) in [6, 6.07) is 3.00. The average molecular weight is 261 g/mol. The summed E-state index contributed by atoms with van der Waals surface area (Å²) in [4.78, 5) is 19.4. The van der Waals surface area contributed by atoms with Crippen LogP contribution in [0, 0.1) is 20.8 Å². The van der Waals surface area contributed by atoms with E-state index in [0.717, 1.165) is 11.5 Å². The van der Waals surface area contributed by atoms with E-state index in [-0.39, 0.29) is 5.56 Å². The lowest BCUT2D eigenvalue weighted by Crippen LogP contribution is -2.05. The van der Waals surface area contributed by atoms with Crippen LogP contribution in [0.3, 0.4) is 0 Å². The van der Waals surface area contributed by atoms with E-state index in [1.807, 2.05) is 13.8 Å². The van der Waals surface area contributed by atoms with Crippen LogP contribution in [-0.2, 0) is 6.54 Å². The van der Waals surface area contributed by atoms with Gasteiger partial charge in [0, 0.05) is 5.69 Å². The van der Waals surface area contributed by atoms with Crippen LogP contribution >= 0.6 is 0 Å². The Hall–Kier alpha value is -2.37. The number of carboxylic acids is 1. The molecule has 100 valence electrons. The molecule has 0 aliphatic heterocycles. The van der Waals surface area contributed by atoms with Gasteiger partial charge in [-0.25, -0.2) is 14.8 Å². The predicted molar refractivity (Wildman–Crippen MR) is 69.2 cm³/mol. The first-order valence-corrected chi connectivity index (χ1v) is 5.84. The molecular formula is C13H15N3O3. The van der Waals surface area contributed by atoms with Crippen LogP contribution in [-0.4, -0.2) is 21.0 Å². The van der Waals surface area contributed by atoms with E-state index >= 15 is 0 Å². The number of aromatic nitrogens is 2. The lowest BCUT2D eigenvalue weighted by Gasteiger charge is -2.05. The van der Waals surface area contributed by atoms with Gasteiger partial charge in [-0.05, 0) is 32.9 Å². The Morgan fingerprint density at radius 2 is 2.05 bits per heavy atom. The summed E-state index contributed by atoms with van der Waals surface area (Å²) >= 11 is 0. The van der Waals surface area contributed by atoms with Gasteiger partial charge in [0.05, 0.1) is 17.8 Å². The molecule has 0 saturated heterocycles. The molecule has 0 bridgehead atoms. The van der Waals surface area contributed by atoms with Crippen LogP contribution in [0.5, 0.6) is 0 Å². The number of pyridine rings is 1. The highest BCUT2D eigenvalue weighted by molar-refractivity contribution is 5.88. The average Bonchev–Trinajstić information content (AvgIpc) is 2.65. The van der Waals surface area contributed by atoms with Gasteiger partial charge < -0.3 is 14.8 Å². The first-order chi connectivity index (χ1) is 8.95. The molecule has 0 atom stereocenters. The Balaban J connectivity index is 2.13. The minimum absolute atomic E-state index is 0.203. The Morgan fingerprint density at radius 3 is 2.63 bits per heavy atom. The van der Waals surface area contributed by atoms with Crippen molar-refractivity contribution in [2.75, 3.05) is 5.32 Å². The van der Waals surface area contributed by atoms with Crippen LogP contribution in [0.25, 0.3) is 0 Å². The fourth-order valence-electron chi connectivity index (χ4n) is 1.66. The Kier molecular flexibility index (Phi) is 3.50. The van der Waals surface area contributed by atoms with Crippen molar-refractivity contribution < 1.29 is 14.3 Å². The first-order valence-electron chi connectivity index (χ1n) is 5.84. The molecule has 0 amide bonds. The maximum absolute atomic E-state index is 10.9. The normalized spacial score (nSPS) is 10.5. The van der Waals surface area contributed by atoms with Gasteiger partial charge in [-0.15, -0.1) is 0 Å². The highest BCUT2D eigenvalue weighted by Gasteiger charge is 2.08. The predicted octanol–water partition coefficient (Wildman–Crippen LogP) is 2.31. The van der Waals surface area contributed by atoms with E-state index in [1.165, 1.54) is 12.1 Å². The zero-order chi connectivity index (χ0) is 14.0. The van der Waals surface area contributed by atoms with E-state index in [0.29, 0.717) is 23.9 Å². The second-order valence-electron chi connectivity index (χ2n) is 4.29. The van der Waals surface area contributed by atoms with Crippen molar-refractivity contribution in [3.8, 4) is 0 Å². The van der Waals surface area contributed by atoms with Crippen molar-refractivity contribution in [1.29, 1.82) is 0 Å². The highest BCUT2D eigenvalue weighted by Crippen LogP contribution is 2.13. The third-order valence-corrected chi connectivity index (χ3v) is 2.69. The summed E-state index contributed by atoms with van der Waals surface area (Å²) in [6.45, 7) is 5.83. The quantitative estimate of drug-likeness (QED) is 0.878. The maximum Gasteiger partial charge on any atom is 0.335 e. The molecule has 0 fully saturated rings. The number of carbonyl (C=O) groups is 1. The Morgan fingerprint density at radius 1 is 1.32 bits per heavy atom. The number of oxazole rings is 1. The number of aryl methyl sites for hydroxylation is 3. The number of carboxylic acid groups (broad SMARTS) is 1. The molecule has 2 heterocycles. The van der Waals surface area contributed by atoms with Crippen molar-refractivity contribution in [3.05, 3.63) is 40.7 Å². The number of hydrogen-bond acceptors (Lipinski definition) is 5. The Labute approximate surface area is 110 Å². The van der Waals surface area contributed by atoms with E-state index in [2.05, 4.69) is 15.3 Å². The smallest absolute Gasteiger partial charge is 0.335 e.